The van der Waals surface area contributed by atoms with Crippen molar-refractivity contribution >= 4 is 23.4 Å². The highest BCUT2D eigenvalue weighted by molar-refractivity contribution is 6.30. The van der Waals surface area contributed by atoms with Crippen molar-refractivity contribution in [2.75, 3.05) is 19.6 Å². The summed E-state index contributed by atoms with van der Waals surface area (Å²) in [6.45, 7) is 2.69. The summed E-state index contributed by atoms with van der Waals surface area (Å²) in [6.07, 6.45) is -4.68. The number of rotatable bonds is 4. The lowest BCUT2D eigenvalue weighted by Gasteiger charge is -2.40. The van der Waals surface area contributed by atoms with Crippen LogP contribution in [0.25, 0.3) is 0 Å². The first-order valence-electron chi connectivity index (χ1n) is 7.96. The Morgan fingerprint density at radius 2 is 1.76 bits per heavy atom. The molecule has 8 heteroatoms. The number of nitrogens with zero attached hydrogens (tertiary/aromatic N) is 1. The van der Waals surface area contributed by atoms with Crippen molar-refractivity contribution in [2.24, 2.45) is 0 Å². The number of hydrogen-bond acceptors (Lipinski definition) is 2. The lowest BCUT2D eigenvalue weighted by atomic mass is 9.74. The van der Waals surface area contributed by atoms with Crippen molar-refractivity contribution in [1.82, 2.24) is 10.2 Å². The highest BCUT2D eigenvalue weighted by Gasteiger charge is 2.34. The van der Waals surface area contributed by atoms with E-state index in [0.29, 0.717) is 18.1 Å². The Hall–Kier alpha value is -1.76. The number of alkyl halides is 3. The van der Waals surface area contributed by atoms with Crippen molar-refractivity contribution in [3.05, 3.63) is 34.9 Å². The molecule has 1 aromatic carbocycles. The van der Waals surface area contributed by atoms with Gasteiger partial charge in [0.2, 0.25) is 11.8 Å². The molecule has 0 unspecified atom stereocenters. The standard InChI is InChI=1S/C17H20ClF3N2O2/c1-16(12-2-4-13(18)5-3-12)6-8-23(9-7-16)15(25)11-22-14(24)10-17(19,20)21/h2-5H,6-11H2,1H3,(H,22,24). The summed E-state index contributed by atoms with van der Waals surface area (Å²) in [5.74, 6) is -1.56. The number of likely N-dealkylation sites (tertiary alicyclic amines) is 1. The molecule has 0 atom stereocenters. The van der Waals surface area contributed by atoms with Crippen LogP contribution in [0.5, 0.6) is 0 Å². The number of carbonyl (C=O) groups excluding carboxylic acids is 2. The third-order valence-corrected chi connectivity index (χ3v) is 4.81. The Balaban J connectivity index is 1.84. The van der Waals surface area contributed by atoms with Gasteiger partial charge in [-0.1, -0.05) is 30.7 Å². The number of hydrogen-bond donors (Lipinski definition) is 1. The Bertz CT molecular complexity index is 624. The summed E-state index contributed by atoms with van der Waals surface area (Å²) < 4.78 is 36.3. The van der Waals surface area contributed by atoms with E-state index in [0.717, 1.165) is 18.4 Å². The van der Waals surface area contributed by atoms with Crippen molar-refractivity contribution in [3.63, 3.8) is 0 Å². The molecular formula is C17H20ClF3N2O2. The molecule has 0 bridgehead atoms. The molecule has 1 N–H and O–H groups in total. The zero-order valence-corrected chi connectivity index (χ0v) is 14.6. The SMILES string of the molecule is CC1(c2ccc(Cl)cc2)CCN(C(=O)CNC(=O)CC(F)(F)F)CC1. The van der Waals surface area contributed by atoms with Gasteiger partial charge in [-0.2, -0.15) is 13.2 Å². The van der Waals surface area contributed by atoms with E-state index in [9.17, 15) is 22.8 Å². The molecule has 0 spiro atoms. The van der Waals surface area contributed by atoms with Gasteiger partial charge in [0.15, 0.2) is 0 Å². The maximum atomic E-state index is 12.1. The Morgan fingerprint density at radius 3 is 2.28 bits per heavy atom. The van der Waals surface area contributed by atoms with Crippen molar-refractivity contribution in [1.29, 1.82) is 0 Å². The minimum absolute atomic E-state index is 0.0824. The molecule has 1 fully saturated rings. The second kappa shape index (κ2) is 7.64. The minimum Gasteiger partial charge on any atom is -0.347 e. The van der Waals surface area contributed by atoms with Gasteiger partial charge in [-0.3, -0.25) is 9.59 Å². The van der Waals surface area contributed by atoms with Crippen LogP contribution in [0.4, 0.5) is 13.2 Å². The van der Waals surface area contributed by atoms with Gasteiger partial charge in [0.1, 0.15) is 6.42 Å². The molecule has 0 aliphatic carbocycles. The van der Waals surface area contributed by atoms with E-state index in [4.69, 9.17) is 11.6 Å². The van der Waals surface area contributed by atoms with Gasteiger partial charge in [-0.15, -0.1) is 0 Å². The lowest BCUT2D eigenvalue weighted by molar-refractivity contribution is -0.154. The lowest BCUT2D eigenvalue weighted by Crippen LogP contribution is -2.47. The third-order valence-electron chi connectivity index (χ3n) is 4.56. The molecule has 1 aliphatic heterocycles. The molecule has 1 saturated heterocycles. The van der Waals surface area contributed by atoms with Crippen LogP contribution in [0.15, 0.2) is 24.3 Å². The Morgan fingerprint density at radius 1 is 1.20 bits per heavy atom. The highest BCUT2D eigenvalue weighted by Crippen LogP contribution is 2.35. The number of amides is 2. The quantitative estimate of drug-likeness (QED) is 0.876. The van der Waals surface area contributed by atoms with Crippen LogP contribution in [0.3, 0.4) is 0 Å². The summed E-state index contributed by atoms with van der Waals surface area (Å²) in [5.41, 5.74) is 1.06. The molecule has 0 aromatic heterocycles. The predicted octanol–water partition coefficient (Wildman–Crippen LogP) is 3.29. The van der Waals surface area contributed by atoms with E-state index in [1.54, 1.807) is 4.90 Å². The van der Waals surface area contributed by atoms with Crippen LogP contribution in [-0.4, -0.2) is 42.5 Å². The van der Waals surface area contributed by atoms with E-state index in [2.05, 4.69) is 6.92 Å². The summed E-state index contributed by atoms with van der Waals surface area (Å²) in [4.78, 5) is 24.8. The minimum atomic E-state index is -4.57. The van der Waals surface area contributed by atoms with E-state index in [-0.39, 0.29) is 11.3 Å². The fourth-order valence-electron chi connectivity index (χ4n) is 2.92. The number of carbonyl (C=O) groups is 2. The molecule has 1 aliphatic rings. The summed E-state index contributed by atoms with van der Waals surface area (Å²) in [5, 5.41) is 2.69. The van der Waals surface area contributed by atoms with E-state index < -0.39 is 25.0 Å². The van der Waals surface area contributed by atoms with Gasteiger partial charge >= 0.3 is 6.18 Å². The molecule has 1 aromatic rings. The molecular weight excluding hydrogens is 357 g/mol. The van der Waals surface area contributed by atoms with Gasteiger partial charge in [0.05, 0.1) is 6.54 Å². The molecule has 138 valence electrons. The predicted molar refractivity (Wildman–Crippen MR) is 88.3 cm³/mol. The molecule has 25 heavy (non-hydrogen) atoms. The second-order valence-electron chi connectivity index (χ2n) is 6.52. The monoisotopic (exact) mass is 376 g/mol. The van der Waals surface area contributed by atoms with Gasteiger partial charge in [0.25, 0.3) is 0 Å². The number of benzene rings is 1. The van der Waals surface area contributed by atoms with Gasteiger partial charge < -0.3 is 10.2 Å². The normalized spacial score (nSPS) is 17.2. The first-order chi connectivity index (χ1) is 11.6. The maximum Gasteiger partial charge on any atom is 0.397 e. The Labute approximate surface area is 149 Å². The molecule has 2 amide bonds. The highest BCUT2D eigenvalue weighted by atomic mass is 35.5. The fraction of sp³-hybridized carbons (Fsp3) is 0.529. The largest absolute Gasteiger partial charge is 0.397 e. The average molecular weight is 377 g/mol. The fourth-order valence-corrected chi connectivity index (χ4v) is 3.05. The zero-order chi connectivity index (χ0) is 18.7. The van der Waals surface area contributed by atoms with E-state index in [1.165, 1.54) is 0 Å². The van der Waals surface area contributed by atoms with Gasteiger partial charge in [-0.25, -0.2) is 0 Å². The first-order valence-corrected chi connectivity index (χ1v) is 8.34. The van der Waals surface area contributed by atoms with Crippen LogP contribution in [0, 0.1) is 0 Å². The van der Waals surface area contributed by atoms with Crippen LogP contribution in [0.2, 0.25) is 5.02 Å². The first kappa shape index (κ1) is 19.6. The summed E-state index contributed by atoms with van der Waals surface area (Å²) in [7, 11) is 0. The molecule has 0 saturated carbocycles. The zero-order valence-electron chi connectivity index (χ0n) is 13.8. The summed E-state index contributed by atoms with van der Waals surface area (Å²) >= 11 is 5.90. The smallest absolute Gasteiger partial charge is 0.347 e. The van der Waals surface area contributed by atoms with Crippen LogP contribution >= 0.6 is 11.6 Å². The van der Waals surface area contributed by atoms with Crippen molar-refractivity contribution in [2.45, 2.75) is 37.8 Å². The topological polar surface area (TPSA) is 49.4 Å². The second-order valence-corrected chi connectivity index (χ2v) is 6.95. The van der Waals surface area contributed by atoms with Crippen LogP contribution in [-0.2, 0) is 15.0 Å². The average Bonchev–Trinajstić information content (AvgIpc) is 2.52. The van der Waals surface area contributed by atoms with E-state index in [1.807, 2.05) is 29.6 Å². The number of piperidine rings is 1. The molecule has 2 rings (SSSR count). The van der Waals surface area contributed by atoms with Crippen LogP contribution < -0.4 is 5.32 Å². The molecule has 1 heterocycles. The Kier molecular flexibility index (Phi) is 5.98. The molecule has 0 radical (unpaired) electrons. The third kappa shape index (κ3) is 5.63. The molecule has 4 nitrogen and oxygen atoms in total. The van der Waals surface area contributed by atoms with Crippen molar-refractivity contribution in [3.8, 4) is 0 Å². The number of nitrogens with one attached hydrogen (secondary N) is 1. The van der Waals surface area contributed by atoms with E-state index >= 15 is 0 Å². The maximum absolute atomic E-state index is 12.1. The van der Waals surface area contributed by atoms with Crippen molar-refractivity contribution < 1.29 is 22.8 Å². The van der Waals surface area contributed by atoms with Gasteiger partial charge in [0, 0.05) is 18.1 Å². The van der Waals surface area contributed by atoms with Gasteiger partial charge in [-0.05, 0) is 36.0 Å². The number of halogens is 4. The summed E-state index contributed by atoms with van der Waals surface area (Å²) in [6, 6.07) is 7.60. The van der Waals surface area contributed by atoms with Crippen LogP contribution in [0.1, 0.15) is 31.7 Å².